The van der Waals surface area contributed by atoms with Gasteiger partial charge in [0, 0.05) is 45.5 Å². The van der Waals surface area contributed by atoms with Crippen LogP contribution in [-0.4, -0.2) is 41.5 Å². The van der Waals surface area contributed by atoms with Crippen LogP contribution in [0, 0.1) is 0 Å². The number of thioether (sulfide) groups is 1. The lowest BCUT2D eigenvalue weighted by Crippen LogP contribution is -2.09. The summed E-state index contributed by atoms with van der Waals surface area (Å²) in [6.45, 7) is 0.959. The first-order valence-corrected chi connectivity index (χ1v) is 9.97. The Balaban J connectivity index is 0.000000321. The molecule has 0 amide bonds. The average molecular weight is 434 g/mol. The van der Waals surface area contributed by atoms with Crippen LogP contribution in [0.5, 0.6) is 11.5 Å². The number of benzene rings is 2. The number of rotatable bonds is 6. The smallest absolute Gasteiger partial charge is 0.328 e. The van der Waals surface area contributed by atoms with E-state index in [1.165, 1.54) is 4.91 Å². The maximum Gasteiger partial charge on any atom is 0.328 e. The number of hydrogen-bond acceptors (Lipinski definition) is 5. The lowest BCUT2D eigenvalue weighted by molar-refractivity contribution is -0.134. The SMILES string of the molecule is CNCCSC1=Cc2ccccc2Oc2ccc(Cl)cc21.O=C(O)/C=C\C(=O)O. The van der Waals surface area contributed by atoms with Crippen LogP contribution in [0.2, 0.25) is 5.02 Å². The zero-order chi connectivity index (χ0) is 21.2. The van der Waals surface area contributed by atoms with E-state index in [0.717, 1.165) is 39.9 Å². The second-order valence-corrected chi connectivity index (χ2v) is 7.32. The highest BCUT2D eigenvalue weighted by atomic mass is 35.5. The number of halogens is 1. The highest BCUT2D eigenvalue weighted by Gasteiger charge is 2.17. The minimum Gasteiger partial charge on any atom is -0.478 e. The Labute approximate surface area is 177 Å². The molecule has 0 spiro atoms. The largest absolute Gasteiger partial charge is 0.478 e. The van der Waals surface area contributed by atoms with Crippen LogP contribution in [0.15, 0.2) is 54.6 Å². The lowest BCUT2D eigenvalue weighted by Gasteiger charge is -2.11. The molecular weight excluding hydrogens is 414 g/mol. The summed E-state index contributed by atoms with van der Waals surface area (Å²) in [5.74, 6) is 0.217. The maximum atomic E-state index is 9.55. The molecule has 152 valence electrons. The van der Waals surface area contributed by atoms with Crippen molar-refractivity contribution in [3.8, 4) is 11.5 Å². The monoisotopic (exact) mass is 433 g/mol. The fourth-order valence-electron chi connectivity index (χ4n) is 2.34. The summed E-state index contributed by atoms with van der Waals surface area (Å²) < 4.78 is 6.05. The first-order valence-electron chi connectivity index (χ1n) is 8.60. The normalized spacial score (nSPS) is 11.9. The van der Waals surface area contributed by atoms with Crippen molar-refractivity contribution < 1.29 is 24.5 Å². The van der Waals surface area contributed by atoms with Gasteiger partial charge in [0.05, 0.1) is 0 Å². The van der Waals surface area contributed by atoms with Crippen molar-refractivity contribution in [2.24, 2.45) is 0 Å². The number of carboxylic acid groups (broad SMARTS) is 2. The molecule has 1 aliphatic rings. The molecule has 0 unspecified atom stereocenters. The highest BCUT2D eigenvalue weighted by Crippen LogP contribution is 2.43. The highest BCUT2D eigenvalue weighted by molar-refractivity contribution is 8.08. The number of aliphatic carboxylic acids is 2. The molecule has 3 N–H and O–H groups in total. The van der Waals surface area contributed by atoms with Gasteiger partial charge in [0.1, 0.15) is 11.5 Å². The van der Waals surface area contributed by atoms with E-state index in [1.54, 1.807) is 0 Å². The van der Waals surface area contributed by atoms with Crippen LogP contribution in [-0.2, 0) is 9.59 Å². The van der Waals surface area contributed by atoms with Crippen molar-refractivity contribution in [1.82, 2.24) is 5.32 Å². The van der Waals surface area contributed by atoms with Crippen molar-refractivity contribution in [2.75, 3.05) is 19.3 Å². The Bertz CT molecular complexity index is 926. The van der Waals surface area contributed by atoms with Gasteiger partial charge < -0.3 is 20.3 Å². The van der Waals surface area contributed by atoms with E-state index in [1.807, 2.05) is 55.2 Å². The number of ether oxygens (including phenoxy) is 1. The molecule has 2 aromatic carbocycles. The summed E-state index contributed by atoms with van der Waals surface area (Å²) in [6, 6.07) is 13.9. The predicted octanol–water partition coefficient (Wildman–Crippen LogP) is 4.61. The molecule has 0 atom stereocenters. The van der Waals surface area contributed by atoms with Gasteiger partial charge in [-0.05, 0) is 37.4 Å². The third-order valence-corrected chi connectivity index (χ3v) is 4.90. The third kappa shape index (κ3) is 7.30. The molecule has 0 fully saturated rings. The van der Waals surface area contributed by atoms with Gasteiger partial charge in [-0.15, -0.1) is 11.8 Å². The molecule has 8 heteroatoms. The summed E-state index contributed by atoms with van der Waals surface area (Å²) in [5.41, 5.74) is 2.15. The summed E-state index contributed by atoms with van der Waals surface area (Å²) in [4.78, 5) is 20.3. The molecule has 6 nitrogen and oxygen atoms in total. The van der Waals surface area contributed by atoms with Crippen LogP contribution in [0.3, 0.4) is 0 Å². The van der Waals surface area contributed by atoms with E-state index in [2.05, 4.69) is 17.5 Å². The van der Waals surface area contributed by atoms with Crippen LogP contribution in [0.4, 0.5) is 0 Å². The molecule has 0 saturated carbocycles. The van der Waals surface area contributed by atoms with E-state index in [0.29, 0.717) is 12.2 Å². The molecule has 2 aromatic rings. The van der Waals surface area contributed by atoms with Crippen LogP contribution in [0.25, 0.3) is 11.0 Å². The number of carboxylic acids is 2. The number of nitrogens with one attached hydrogen (secondary N) is 1. The average Bonchev–Trinajstić information content (AvgIpc) is 2.83. The zero-order valence-electron chi connectivity index (χ0n) is 15.6. The molecule has 1 heterocycles. The van der Waals surface area contributed by atoms with Gasteiger partial charge in [0.25, 0.3) is 0 Å². The minimum atomic E-state index is -1.26. The zero-order valence-corrected chi connectivity index (χ0v) is 17.2. The van der Waals surface area contributed by atoms with E-state index in [9.17, 15) is 9.59 Å². The van der Waals surface area contributed by atoms with E-state index in [-0.39, 0.29) is 0 Å². The van der Waals surface area contributed by atoms with Crippen molar-refractivity contribution >= 4 is 46.3 Å². The first kappa shape index (κ1) is 22.5. The summed E-state index contributed by atoms with van der Waals surface area (Å²) in [7, 11) is 1.96. The fourth-order valence-corrected chi connectivity index (χ4v) is 3.56. The Hall–Kier alpha value is -2.74. The van der Waals surface area contributed by atoms with Gasteiger partial charge in [0.15, 0.2) is 0 Å². The fraction of sp³-hybridized carbons (Fsp3) is 0.143. The minimum absolute atomic E-state index is 0.558. The van der Waals surface area contributed by atoms with Gasteiger partial charge in [-0.2, -0.15) is 0 Å². The molecule has 29 heavy (non-hydrogen) atoms. The molecule has 0 saturated heterocycles. The number of carbonyl (C=O) groups is 2. The van der Waals surface area contributed by atoms with Crippen LogP contribution in [0.1, 0.15) is 11.1 Å². The predicted molar refractivity (Wildman–Crippen MR) is 117 cm³/mol. The van der Waals surface area contributed by atoms with E-state index < -0.39 is 11.9 Å². The molecule has 1 aliphatic heterocycles. The molecule has 3 rings (SSSR count). The number of hydrogen-bond donors (Lipinski definition) is 3. The van der Waals surface area contributed by atoms with E-state index in [4.69, 9.17) is 26.6 Å². The topological polar surface area (TPSA) is 95.9 Å². The Kier molecular flexibility index (Phi) is 8.79. The second kappa shape index (κ2) is 11.3. The van der Waals surface area contributed by atoms with E-state index >= 15 is 0 Å². The van der Waals surface area contributed by atoms with Crippen molar-refractivity contribution in [1.29, 1.82) is 0 Å². The summed E-state index contributed by atoms with van der Waals surface area (Å²) >= 11 is 7.97. The first-order chi connectivity index (χ1) is 13.9. The van der Waals surface area contributed by atoms with Crippen LogP contribution >= 0.6 is 23.4 Å². The van der Waals surface area contributed by atoms with Crippen molar-refractivity contribution in [3.63, 3.8) is 0 Å². The van der Waals surface area contributed by atoms with Gasteiger partial charge >= 0.3 is 11.9 Å². The molecular formula is C21H20ClNO5S. The van der Waals surface area contributed by atoms with Gasteiger partial charge in [-0.1, -0.05) is 29.8 Å². The Morgan fingerprint density at radius 2 is 1.79 bits per heavy atom. The molecule has 0 aromatic heterocycles. The Morgan fingerprint density at radius 1 is 1.10 bits per heavy atom. The number of fused-ring (bicyclic) bond motifs is 2. The third-order valence-electron chi connectivity index (χ3n) is 3.61. The standard InChI is InChI=1S/C17H16ClNOS.C4H4O4/c1-19-8-9-21-17-10-12-4-2-3-5-15(12)20-16-7-6-13(18)11-14(16)17;5-3(6)1-2-4(7)8/h2-7,10-11,19H,8-9H2,1H3;1-2H,(H,5,6)(H,7,8)/b;2-1-. The lowest BCUT2D eigenvalue weighted by atomic mass is 10.1. The molecule has 0 aliphatic carbocycles. The van der Waals surface area contributed by atoms with Gasteiger partial charge in [0.2, 0.25) is 0 Å². The van der Waals surface area contributed by atoms with Gasteiger partial charge in [-0.25, -0.2) is 9.59 Å². The summed E-state index contributed by atoms with van der Waals surface area (Å²) in [5, 5.41) is 19.5. The van der Waals surface area contributed by atoms with Crippen molar-refractivity contribution in [3.05, 3.63) is 70.8 Å². The van der Waals surface area contributed by atoms with Crippen LogP contribution < -0.4 is 10.1 Å². The second-order valence-electron chi connectivity index (χ2n) is 5.75. The number of para-hydroxylation sites is 1. The molecule has 0 radical (unpaired) electrons. The maximum absolute atomic E-state index is 9.55. The van der Waals surface area contributed by atoms with Crippen molar-refractivity contribution in [2.45, 2.75) is 0 Å². The quantitative estimate of drug-likeness (QED) is 0.452. The molecule has 0 bridgehead atoms. The van der Waals surface area contributed by atoms with Gasteiger partial charge in [-0.3, -0.25) is 0 Å². The summed E-state index contributed by atoms with van der Waals surface area (Å²) in [6.07, 6.45) is 3.29. The Morgan fingerprint density at radius 3 is 2.45 bits per heavy atom.